The summed E-state index contributed by atoms with van der Waals surface area (Å²) in [5.74, 6) is 0.192. The topological polar surface area (TPSA) is 111 Å². The molecule has 1 fully saturated rings. The number of tetrazole rings is 1. The maximum Gasteiger partial charge on any atom is 0.408 e. The molecule has 9 nitrogen and oxygen atoms in total. The van der Waals surface area contributed by atoms with Gasteiger partial charge in [0.05, 0.1) is 0 Å². The number of alkyl halides is 3. The second-order valence-corrected chi connectivity index (χ2v) is 12.3. The van der Waals surface area contributed by atoms with E-state index in [0.717, 1.165) is 31.2 Å². The van der Waals surface area contributed by atoms with Crippen LogP contribution in [0.3, 0.4) is 0 Å². The van der Waals surface area contributed by atoms with Crippen LogP contribution >= 0.6 is 23.2 Å². The zero-order valence-electron chi connectivity index (χ0n) is 23.5. The van der Waals surface area contributed by atoms with Crippen molar-refractivity contribution >= 4 is 46.7 Å². The third-order valence-electron chi connectivity index (χ3n) is 7.30. The first-order valence-electron chi connectivity index (χ1n) is 13.5. The van der Waals surface area contributed by atoms with Crippen LogP contribution in [0.25, 0.3) is 0 Å². The highest BCUT2D eigenvalue weighted by molar-refractivity contribution is 6.35. The summed E-state index contributed by atoms with van der Waals surface area (Å²) in [6, 6.07) is 11.4. The molecule has 3 N–H and O–H groups in total. The highest BCUT2D eigenvalue weighted by Gasteiger charge is 2.34. The minimum Gasteiger partial charge on any atom is -0.335 e. The summed E-state index contributed by atoms with van der Waals surface area (Å²) in [7, 11) is 0. The number of carbonyl (C=O) groups excluding carboxylic acids is 1. The van der Waals surface area contributed by atoms with Crippen LogP contribution < -0.4 is 10.6 Å². The van der Waals surface area contributed by atoms with E-state index in [1.807, 2.05) is 4.90 Å². The standard InChI is InChI=1S/C28H33Cl2F3N8O/c1-27(2,3)19-8-10-23(11-9-19)41(15-17-4-6-18(7-5-17)24(42)36-25-37-39-40-38-25)26(34-16-28(31,32)33)35-22-13-20(29)12-21(30)14-22/h4-7,12-14,19,23H,8-11,15-16H2,1-3H3,(H,34,35)(H2,36,37,38,39,40,42). The largest absolute Gasteiger partial charge is 0.408 e. The van der Waals surface area contributed by atoms with Gasteiger partial charge in [-0.3, -0.25) is 10.1 Å². The Labute approximate surface area is 252 Å². The molecular weight excluding hydrogens is 592 g/mol. The minimum atomic E-state index is -4.50. The van der Waals surface area contributed by atoms with Gasteiger partial charge in [0.15, 0.2) is 5.96 Å². The first-order valence-corrected chi connectivity index (χ1v) is 14.3. The Morgan fingerprint density at radius 1 is 1.02 bits per heavy atom. The quantitative estimate of drug-likeness (QED) is 0.189. The number of nitrogens with one attached hydrogen (secondary N) is 3. The number of anilines is 2. The van der Waals surface area contributed by atoms with Crippen molar-refractivity contribution in [3.63, 3.8) is 0 Å². The molecular formula is C28H33Cl2F3N8O. The van der Waals surface area contributed by atoms with E-state index in [9.17, 15) is 18.0 Å². The molecule has 14 heteroatoms. The van der Waals surface area contributed by atoms with Crippen LogP contribution in [-0.4, -0.2) is 56.2 Å². The smallest absolute Gasteiger partial charge is 0.335 e. The second kappa shape index (κ2) is 13.3. The van der Waals surface area contributed by atoms with Gasteiger partial charge >= 0.3 is 6.18 Å². The number of amides is 1. The lowest BCUT2D eigenvalue weighted by Gasteiger charge is -2.42. The zero-order valence-corrected chi connectivity index (χ0v) is 25.0. The third kappa shape index (κ3) is 9.06. The Balaban J connectivity index is 1.63. The molecule has 0 saturated heterocycles. The SMILES string of the molecule is CC(C)(C)C1CCC(N(Cc2ccc(C(=O)Nc3nn[nH]n3)cc2)C(=NCC(F)(F)F)Nc2cc(Cl)cc(Cl)c2)CC1. The number of aromatic nitrogens is 4. The van der Waals surface area contributed by atoms with Crippen molar-refractivity contribution in [1.82, 2.24) is 25.5 Å². The number of nitrogens with zero attached hydrogens (tertiary/aromatic N) is 5. The zero-order chi connectivity index (χ0) is 30.5. The van der Waals surface area contributed by atoms with Gasteiger partial charge in [-0.05, 0) is 78.1 Å². The van der Waals surface area contributed by atoms with Crippen molar-refractivity contribution in [1.29, 1.82) is 0 Å². The van der Waals surface area contributed by atoms with Gasteiger partial charge in [-0.2, -0.15) is 18.4 Å². The number of halogens is 5. The fraction of sp³-hybridized carbons (Fsp3) is 0.464. The predicted molar refractivity (Wildman–Crippen MR) is 158 cm³/mol. The van der Waals surface area contributed by atoms with Gasteiger partial charge in [-0.25, -0.2) is 4.99 Å². The molecule has 2 aromatic carbocycles. The molecule has 4 rings (SSSR count). The molecule has 1 aromatic heterocycles. The van der Waals surface area contributed by atoms with Gasteiger partial charge in [-0.1, -0.05) is 61.2 Å². The van der Waals surface area contributed by atoms with Gasteiger partial charge in [0.2, 0.25) is 0 Å². The molecule has 1 heterocycles. The highest BCUT2D eigenvalue weighted by atomic mass is 35.5. The average molecular weight is 626 g/mol. The van der Waals surface area contributed by atoms with Crippen molar-refractivity contribution in [2.24, 2.45) is 16.3 Å². The average Bonchev–Trinajstić information content (AvgIpc) is 3.42. The summed E-state index contributed by atoms with van der Waals surface area (Å²) in [5.41, 5.74) is 1.71. The van der Waals surface area contributed by atoms with Crippen LogP contribution in [-0.2, 0) is 6.54 Å². The molecule has 0 bridgehead atoms. The van der Waals surface area contributed by atoms with E-state index < -0.39 is 18.6 Å². The first-order chi connectivity index (χ1) is 19.8. The molecule has 1 aliphatic rings. The molecule has 0 atom stereocenters. The summed E-state index contributed by atoms with van der Waals surface area (Å²) < 4.78 is 40.2. The van der Waals surface area contributed by atoms with Crippen molar-refractivity contribution in [2.75, 3.05) is 17.2 Å². The summed E-state index contributed by atoms with van der Waals surface area (Å²) in [6.07, 6.45) is -1.04. The van der Waals surface area contributed by atoms with Crippen LogP contribution in [0.4, 0.5) is 24.8 Å². The van der Waals surface area contributed by atoms with Gasteiger partial charge in [-0.15, -0.1) is 5.10 Å². The summed E-state index contributed by atoms with van der Waals surface area (Å²) in [6.45, 7) is 5.55. The second-order valence-electron chi connectivity index (χ2n) is 11.4. The fourth-order valence-corrected chi connectivity index (χ4v) is 5.62. The van der Waals surface area contributed by atoms with Crippen LogP contribution in [0.2, 0.25) is 10.0 Å². The van der Waals surface area contributed by atoms with E-state index in [2.05, 4.69) is 57.0 Å². The Kier molecular flexibility index (Phi) is 9.98. The molecule has 1 amide bonds. The lowest BCUT2D eigenvalue weighted by atomic mass is 9.71. The fourth-order valence-electron chi connectivity index (χ4n) is 5.10. The number of benzene rings is 2. The molecule has 1 saturated carbocycles. The Hall–Kier alpha value is -3.38. The molecule has 1 aliphatic carbocycles. The van der Waals surface area contributed by atoms with E-state index >= 15 is 0 Å². The van der Waals surface area contributed by atoms with Crippen molar-refractivity contribution in [2.45, 2.75) is 65.2 Å². The number of aliphatic imine (C=N–C) groups is 1. The predicted octanol–water partition coefficient (Wildman–Crippen LogP) is 7.20. The van der Waals surface area contributed by atoms with Gasteiger partial charge in [0, 0.05) is 33.9 Å². The molecule has 42 heavy (non-hydrogen) atoms. The van der Waals surface area contributed by atoms with E-state index in [1.54, 1.807) is 42.5 Å². The van der Waals surface area contributed by atoms with E-state index in [1.165, 1.54) is 0 Å². The minimum absolute atomic E-state index is 0.0406. The molecule has 0 unspecified atom stereocenters. The van der Waals surface area contributed by atoms with Crippen molar-refractivity contribution < 1.29 is 18.0 Å². The summed E-state index contributed by atoms with van der Waals surface area (Å²) >= 11 is 12.4. The summed E-state index contributed by atoms with van der Waals surface area (Å²) in [4.78, 5) is 18.4. The van der Waals surface area contributed by atoms with Gasteiger partial charge in [0.1, 0.15) is 6.54 Å². The number of hydrogen-bond donors (Lipinski definition) is 3. The van der Waals surface area contributed by atoms with E-state index in [4.69, 9.17) is 23.2 Å². The highest BCUT2D eigenvalue weighted by Crippen LogP contribution is 2.39. The molecule has 3 aromatic rings. The van der Waals surface area contributed by atoms with Crippen LogP contribution in [0.1, 0.15) is 62.4 Å². The molecule has 226 valence electrons. The van der Waals surface area contributed by atoms with Crippen LogP contribution in [0, 0.1) is 11.3 Å². The van der Waals surface area contributed by atoms with E-state index in [-0.39, 0.29) is 29.9 Å². The number of hydrogen-bond acceptors (Lipinski definition) is 5. The van der Waals surface area contributed by atoms with Crippen LogP contribution in [0.5, 0.6) is 0 Å². The molecule has 0 radical (unpaired) electrons. The number of H-pyrrole nitrogens is 1. The number of carbonyl (C=O) groups is 1. The lowest BCUT2D eigenvalue weighted by molar-refractivity contribution is -0.118. The van der Waals surface area contributed by atoms with E-state index in [0.29, 0.717) is 27.2 Å². The maximum atomic E-state index is 13.4. The molecule has 0 spiro atoms. The first kappa shape index (κ1) is 31.6. The Morgan fingerprint density at radius 2 is 1.67 bits per heavy atom. The number of aromatic amines is 1. The summed E-state index contributed by atoms with van der Waals surface area (Å²) in [5, 5.41) is 19.4. The maximum absolute atomic E-state index is 13.4. The van der Waals surface area contributed by atoms with Crippen molar-refractivity contribution in [3.8, 4) is 0 Å². The monoisotopic (exact) mass is 624 g/mol. The lowest BCUT2D eigenvalue weighted by Crippen LogP contribution is -2.46. The van der Waals surface area contributed by atoms with Crippen LogP contribution in [0.15, 0.2) is 47.5 Å². The normalized spacial score (nSPS) is 18.0. The number of rotatable bonds is 7. The number of guanidine groups is 1. The van der Waals surface area contributed by atoms with Crippen molar-refractivity contribution in [3.05, 3.63) is 63.6 Å². The Morgan fingerprint density at radius 3 is 2.21 bits per heavy atom. The third-order valence-corrected chi connectivity index (χ3v) is 7.74. The Bertz CT molecular complexity index is 1350. The van der Waals surface area contributed by atoms with Gasteiger partial charge in [0.25, 0.3) is 11.9 Å². The molecule has 0 aliphatic heterocycles. The van der Waals surface area contributed by atoms with Gasteiger partial charge < -0.3 is 10.2 Å².